The molecular formula is C18H22N6O2S. The van der Waals surface area contributed by atoms with Crippen LogP contribution in [0.4, 0.5) is 0 Å². The van der Waals surface area contributed by atoms with Crippen LogP contribution in [0.15, 0.2) is 39.9 Å². The van der Waals surface area contributed by atoms with E-state index in [1.807, 2.05) is 30.3 Å². The van der Waals surface area contributed by atoms with Crippen molar-refractivity contribution in [2.24, 2.45) is 0 Å². The van der Waals surface area contributed by atoms with Gasteiger partial charge < -0.3 is 13.7 Å². The SMILES string of the molecule is CCn1c(CN2CCOCC2)nnc1SCc1nnc(-c2ccccc2)o1. The minimum absolute atomic E-state index is 0.538. The molecule has 1 saturated heterocycles. The Kier molecular flexibility index (Phi) is 5.81. The third kappa shape index (κ3) is 4.37. The van der Waals surface area contributed by atoms with Gasteiger partial charge in [-0.25, -0.2) is 0 Å². The van der Waals surface area contributed by atoms with Crippen LogP contribution in [0.5, 0.6) is 0 Å². The number of ether oxygens (including phenoxy) is 1. The quantitative estimate of drug-likeness (QED) is 0.573. The maximum atomic E-state index is 5.77. The maximum Gasteiger partial charge on any atom is 0.247 e. The summed E-state index contributed by atoms with van der Waals surface area (Å²) in [6.07, 6.45) is 0. The van der Waals surface area contributed by atoms with Crippen LogP contribution in [-0.2, 0) is 23.6 Å². The van der Waals surface area contributed by atoms with Gasteiger partial charge in [-0.15, -0.1) is 20.4 Å². The average molecular weight is 386 g/mol. The second-order valence-electron chi connectivity index (χ2n) is 6.19. The lowest BCUT2D eigenvalue weighted by Crippen LogP contribution is -2.36. The third-order valence-corrected chi connectivity index (χ3v) is 5.34. The summed E-state index contributed by atoms with van der Waals surface area (Å²) in [4.78, 5) is 2.35. The maximum absolute atomic E-state index is 5.77. The van der Waals surface area contributed by atoms with E-state index in [4.69, 9.17) is 9.15 Å². The molecule has 27 heavy (non-hydrogen) atoms. The van der Waals surface area contributed by atoms with Crippen molar-refractivity contribution in [3.63, 3.8) is 0 Å². The first-order valence-electron chi connectivity index (χ1n) is 9.06. The number of benzene rings is 1. The zero-order valence-corrected chi connectivity index (χ0v) is 16.1. The first-order valence-corrected chi connectivity index (χ1v) is 10.0. The van der Waals surface area contributed by atoms with Gasteiger partial charge in [-0.2, -0.15) is 0 Å². The van der Waals surface area contributed by atoms with Crippen molar-refractivity contribution >= 4 is 11.8 Å². The van der Waals surface area contributed by atoms with Gasteiger partial charge in [0.1, 0.15) is 5.82 Å². The van der Waals surface area contributed by atoms with E-state index in [2.05, 4.69) is 36.8 Å². The largest absolute Gasteiger partial charge is 0.420 e. The molecule has 0 bridgehead atoms. The van der Waals surface area contributed by atoms with E-state index in [9.17, 15) is 0 Å². The smallest absolute Gasteiger partial charge is 0.247 e. The molecule has 0 radical (unpaired) electrons. The molecule has 2 aromatic heterocycles. The van der Waals surface area contributed by atoms with E-state index in [-0.39, 0.29) is 0 Å². The molecule has 0 aliphatic carbocycles. The fourth-order valence-corrected chi connectivity index (χ4v) is 3.81. The Morgan fingerprint density at radius 1 is 1.04 bits per heavy atom. The van der Waals surface area contributed by atoms with Gasteiger partial charge in [0, 0.05) is 25.2 Å². The first-order chi connectivity index (χ1) is 13.3. The molecule has 142 valence electrons. The summed E-state index contributed by atoms with van der Waals surface area (Å²) in [5, 5.41) is 17.9. The molecular weight excluding hydrogens is 364 g/mol. The summed E-state index contributed by atoms with van der Waals surface area (Å²) in [7, 11) is 0. The van der Waals surface area contributed by atoms with Gasteiger partial charge in [0.15, 0.2) is 5.16 Å². The van der Waals surface area contributed by atoms with Crippen molar-refractivity contribution in [3.8, 4) is 11.5 Å². The predicted octanol–water partition coefficient (Wildman–Crippen LogP) is 2.47. The molecule has 0 unspecified atom stereocenters. The number of morpholine rings is 1. The third-order valence-electron chi connectivity index (χ3n) is 4.39. The first kappa shape index (κ1) is 18.1. The molecule has 0 spiro atoms. The second kappa shape index (κ2) is 8.64. The fourth-order valence-electron chi connectivity index (χ4n) is 2.96. The van der Waals surface area contributed by atoms with Gasteiger partial charge in [0.05, 0.1) is 25.5 Å². The highest BCUT2D eigenvalue weighted by Gasteiger charge is 2.18. The molecule has 9 heteroatoms. The van der Waals surface area contributed by atoms with E-state index in [0.717, 1.165) is 55.9 Å². The molecule has 0 amide bonds. The molecule has 0 saturated carbocycles. The normalized spacial score (nSPS) is 15.3. The number of hydrogen-bond donors (Lipinski definition) is 0. The van der Waals surface area contributed by atoms with Crippen LogP contribution in [0, 0.1) is 0 Å². The summed E-state index contributed by atoms with van der Waals surface area (Å²) in [5.74, 6) is 2.67. The number of hydrogen-bond acceptors (Lipinski definition) is 8. The summed E-state index contributed by atoms with van der Waals surface area (Å²) < 4.78 is 13.3. The van der Waals surface area contributed by atoms with E-state index in [1.165, 1.54) is 0 Å². The van der Waals surface area contributed by atoms with Crippen molar-refractivity contribution in [3.05, 3.63) is 42.0 Å². The van der Waals surface area contributed by atoms with Gasteiger partial charge in [-0.3, -0.25) is 4.90 Å². The number of rotatable bonds is 7. The van der Waals surface area contributed by atoms with E-state index in [1.54, 1.807) is 11.8 Å². The predicted molar refractivity (Wildman–Crippen MR) is 101 cm³/mol. The highest BCUT2D eigenvalue weighted by molar-refractivity contribution is 7.98. The lowest BCUT2D eigenvalue weighted by Gasteiger charge is -2.26. The number of thioether (sulfide) groups is 1. The number of aromatic nitrogens is 5. The summed E-state index contributed by atoms with van der Waals surface area (Å²) in [5.41, 5.74) is 0.922. The highest BCUT2D eigenvalue weighted by atomic mass is 32.2. The molecule has 1 fully saturated rings. The molecule has 1 aliphatic rings. The Labute approximate surface area is 161 Å². The topological polar surface area (TPSA) is 82.1 Å². The van der Waals surface area contributed by atoms with Crippen LogP contribution in [0.2, 0.25) is 0 Å². The van der Waals surface area contributed by atoms with E-state index in [0.29, 0.717) is 17.5 Å². The fraction of sp³-hybridized carbons (Fsp3) is 0.444. The zero-order valence-electron chi connectivity index (χ0n) is 15.2. The standard InChI is InChI=1S/C18H22N6O2S/c1-2-24-15(12-23-8-10-25-11-9-23)19-22-18(24)27-13-16-20-21-17(26-16)14-6-4-3-5-7-14/h3-7H,2,8-13H2,1H3. The van der Waals surface area contributed by atoms with Crippen LogP contribution in [0.25, 0.3) is 11.5 Å². The summed E-state index contributed by atoms with van der Waals surface area (Å²) in [6.45, 7) is 7.16. The monoisotopic (exact) mass is 386 g/mol. The van der Waals surface area contributed by atoms with Crippen LogP contribution >= 0.6 is 11.8 Å². The minimum atomic E-state index is 0.538. The van der Waals surface area contributed by atoms with Gasteiger partial charge in [0.2, 0.25) is 11.8 Å². The van der Waals surface area contributed by atoms with E-state index >= 15 is 0 Å². The van der Waals surface area contributed by atoms with Crippen molar-refractivity contribution in [2.45, 2.75) is 30.9 Å². The van der Waals surface area contributed by atoms with Crippen molar-refractivity contribution < 1.29 is 9.15 Å². The van der Waals surface area contributed by atoms with Crippen LogP contribution < -0.4 is 0 Å². The Morgan fingerprint density at radius 3 is 2.63 bits per heavy atom. The van der Waals surface area contributed by atoms with E-state index < -0.39 is 0 Å². The minimum Gasteiger partial charge on any atom is -0.420 e. The van der Waals surface area contributed by atoms with Crippen molar-refractivity contribution in [2.75, 3.05) is 26.3 Å². The van der Waals surface area contributed by atoms with Crippen molar-refractivity contribution in [1.29, 1.82) is 0 Å². The average Bonchev–Trinajstić information content (AvgIpc) is 3.34. The Balaban J connectivity index is 1.40. The highest BCUT2D eigenvalue weighted by Crippen LogP contribution is 2.24. The molecule has 8 nitrogen and oxygen atoms in total. The van der Waals surface area contributed by atoms with Gasteiger partial charge in [-0.05, 0) is 19.1 Å². The van der Waals surface area contributed by atoms with Crippen LogP contribution in [0.3, 0.4) is 0 Å². The molecule has 1 aromatic carbocycles. The van der Waals surface area contributed by atoms with Crippen LogP contribution in [-0.4, -0.2) is 56.2 Å². The molecule has 3 aromatic rings. The summed E-state index contributed by atoms with van der Waals surface area (Å²) >= 11 is 1.57. The lowest BCUT2D eigenvalue weighted by atomic mass is 10.2. The van der Waals surface area contributed by atoms with Crippen molar-refractivity contribution in [1.82, 2.24) is 29.9 Å². The molecule has 0 N–H and O–H groups in total. The Morgan fingerprint density at radius 2 is 1.85 bits per heavy atom. The molecule has 3 heterocycles. The van der Waals surface area contributed by atoms with Gasteiger partial charge in [0.25, 0.3) is 0 Å². The Bertz CT molecular complexity index is 860. The number of nitrogens with zero attached hydrogens (tertiary/aromatic N) is 6. The zero-order chi connectivity index (χ0) is 18.5. The molecule has 4 rings (SSSR count). The lowest BCUT2D eigenvalue weighted by molar-refractivity contribution is 0.0325. The summed E-state index contributed by atoms with van der Waals surface area (Å²) in [6, 6.07) is 9.77. The van der Waals surface area contributed by atoms with Gasteiger partial charge >= 0.3 is 0 Å². The molecule has 1 aliphatic heterocycles. The van der Waals surface area contributed by atoms with Crippen LogP contribution in [0.1, 0.15) is 18.6 Å². The molecule has 0 atom stereocenters. The van der Waals surface area contributed by atoms with Gasteiger partial charge in [-0.1, -0.05) is 30.0 Å². The second-order valence-corrected chi connectivity index (χ2v) is 7.13. The Hall–Kier alpha value is -2.23.